The number of hydrogen-bond acceptors (Lipinski definition) is 3. The third-order valence-electron chi connectivity index (χ3n) is 2.57. The molecule has 1 fully saturated rings. The van der Waals surface area contributed by atoms with E-state index in [4.69, 9.17) is 5.73 Å². The molecule has 80 valence electrons. The van der Waals surface area contributed by atoms with Gasteiger partial charge in [0.05, 0.1) is 6.54 Å². The Morgan fingerprint density at radius 3 is 2.43 bits per heavy atom. The molecule has 0 aromatic heterocycles. The van der Waals surface area contributed by atoms with Crippen LogP contribution in [0.15, 0.2) is 0 Å². The molecular weight excluding hydrogens is 182 g/mol. The van der Waals surface area contributed by atoms with Crippen molar-refractivity contribution < 1.29 is 9.59 Å². The van der Waals surface area contributed by atoms with E-state index in [1.807, 2.05) is 5.32 Å². The lowest BCUT2D eigenvalue weighted by atomic mass is 9.99. The van der Waals surface area contributed by atoms with Crippen LogP contribution in [0.2, 0.25) is 0 Å². The van der Waals surface area contributed by atoms with Crippen LogP contribution in [-0.2, 0) is 4.79 Å². The van der Waals surface area contributed by atoms with E-state index in [0.29, 0.717) is 5.92 Å². The summed E-state index contributed by atoms with van der Waals surface area (Å²) in [6.45, 7) is 4.25. The summed E-state index contributed by atoms with van der Waals surface area (Å²) in [5.41, 5.74) is 4.77. The van der Waals surface area contributed by atoms with Crippen molar-refractivity contribution >= 4 is 11.9 Å². The third kappa shape index (κ3) is 3.33. The molecule has 0 aromatic rings. The summed E-state index contributed by atoms with van der Waals surface area (Å²) in [6.07, 6.45) is 2.41. The highest BCUT2D eigenvalue weighted by molar-refractivity contribution is 5.94. The van der Waals surface area contributed by atoms with Gasteiger partial charge >= 0.3 is 6.03 Å². The molecule has 3 amide bonds. The molecule has 0 unspecified atom stereocenters. The number of urea groups is 1. The second-order valence-corrected chi connectivity index (χ2v) is 4.26. The van der Waals surface area contributed by atoms with Crippen LogP contribution in [0.5, 0.6) is 0 Å². The fraction of sp³-hybridized carbons (Fsp3) is 0.778. The molecule has 0 spiro atoms. The van der Waals surface area contributed by atoms with E-state index in [9.17, 15) is 9.59 Å². The number of nitrogens with two attached hydrogens (primary N) is 1. The molecule has 0 aromatic carbocycles. The first-order valence-electron chi connectivity index (χ1n) is 4.76. The molecular formula is C9H17N3O2. The molecule has 0 heterocycles. The van der Waals surface area contributed by atoms with Crippen LogP contribution < -0.4 is 16.4 Å². The summed E-state index contributed by atoms with van der Waals surface area (Å²) in [7, 11) is 0. The van der Waals surface area contributed by atoms with Gasteiger partial charge in [0.1, 0.15) is 0 Å². The molecule has 0 bridgehead atoms. The van der Waals surface area contributed by atoms with Gasteiger partial charge < -0.3 is 11.1 Å². The van der Waals surface area contributed by atoms with Gasteiger partial charge in [-0.05, 0) is 32.6 Å². The lowest BCUT2D eigenvalue weighted by Gasteiger charge is -2.25. The lowest BCUT2D eigenvalue weighted by Crippen LogP contribution is -2.48. The minimum Gasteiger partial charge on any atom is -0.351 e. The summed E-state index contributed by atoms with van der Waals surface area (Å²) >= 11 is 0. The van der Waals surface area contributed by atoms with Crippen molar-refractivity contribution in [2.75, 3.05) is 6.54 Å². The van der Waals surface area contributed by atoms with Crippen LogP contribution in [-0.4, -0.2) is 24.0 Å². The van der Waals surface area contributed by atoms with Crippen LogP contribution in [0.3, 0.4) is 0 Å². The van der Waals surface area contributed by atoms with E-state index < -0.39 is 6.03 Å². The summed E-state index contributed by atoms with van der Waals surface area (Å²) in [5.74, 6) is 0.259. The Balaban J connectivity index is 2.25. The van der Waals surface area contributed by atoms with Gasteiger partial charge in [-0.3, -0.25) is 10.1 Å². The van der Waals surface area contributed by atoms with E-state index in [2.05, 4.69) is 19.2 Å². The predicted octanol–water partition coefficient (Wildman–Crippen LogP) is -0.0405. The number of nitrogens with one attached hydrogen (secondary N) is 2. The van der Waals surface area contributed by atoms with Crippen LogP contribution in [0.1, 0.15) is 26.7 Å². The molecule has 1 saturated carbocycles. The zero-order valence-electron chi connectivity index (χ0n) is 8.59. The molecule has 14 heavy (non-hydrogen) atoms. The van der Waals surface area contributed by atoms with Crippen molar-refractivity contribution in [3.05, 3.63) is 0 Å². The molecule has 5 nitrogen and oxygen atoms in total. The summed E-state index contributed by atoms with van der Waals surface area (Å²) in [6, 6.07) is -0.805. The van der Waals surface area contributed by atoms with Crippen molar-refractivity contribution in [3.8, 4) is 0 Å². The standard InChI is InChI=1S/C9H17N3O2/c1-9(2,6-3-4-6)11-5-7(13)12-8(10)14/h6,11H,3-5H2,1-2H3,(H3,10,12,13,14). The smallest absolute Gasteiger partial charge is 0.318 e. The van der Waals surface area contributed by atoms with Gasteiger partial charge in [0.15, 0.2) is 0 Å². The lowest BCUT2D eigenvalue weighted by molar-refractivity contribution is -0.119. The fourth-order valence-electron chi connectivity index (χ4n) is 1.44. The molecule has 4 N–H and O–H groups in total. The first kappa shape index (κ1) is 11.0. The Morgan fingerprint density at radius 1 is 1.43 bits per heavy atom. The van der Waals surface area contributed by atoms with E-state index in [0.717, 1.165) is 0 Å². The van der Waals surface area contributed by atoms with Crippen LogP contribution in [0, 0.1) is 5.92 Å². The van der Waals surface area contributed by atoms with Crippen LogP contribution >= 0.6 is 0 Å². The maximum absolute atomic E-state index is 11.1. The molecule has 0 saturated heterocycles. The Bertz CT molecular complexity index is 246. The number of carbonyl (C=O) groups excluding carboxylic acids is 2. The number of hydrogen-bond donors (Lipinski definition) is 3. The van der Waals surface area contributed by atoms with Crippen molar-refractivity contribution in [1.29, 1.82) is 0 Å². The highest BCUT2D eigenvalue weighted by Gasteiger charge is 2.37. The maximum Gasteiger partial charge on any atom is 0.318 e. The van der Waals surface area contributed by atoms with Crippen LogP contribution in [0.25, 0.3) is 0 Å². The van der Waals surface area contributed by atoms with Gasteiger partial charge in [-0.25, -0.2) is 4.79 Å². The highest BCUT2D eigenvalue weighted by atomic mass is 16.2. The Hall–Kier alpha value is -1.10. The highest BCUT2D eigenvalue weighted by Crippen LogP contribution is 2.38. The van der Waals surface area contributed by atoms with E-state index in [-0.39, 0.29) is 18.0 Å². The minimum absolute atomic E-state index is 0.0328. The van der Waals surface area contributed by atoms with Crippen molar-refractivity contribution in [3.63, 3.8) is 0 Å². The number of carbonyl (C=O) groups is 2. The average Bonchev–Trinajstić information content (AvgIpc) is 2.81. The van der Waals surface area contributed by atoms with Gasteiger partial charge in [-0.15, -0.1) is 0 Å². The molecule has 1 rings (SSSR count). The second kappa shape index (κ2) is 3.96. The Morgan fingerprint density at radius 2 is 2.00 bits per heavy atom. The number of amides is 3. The Labute approximate surface area is 83.4 Å². The van der Waals surface area contributed by atoms with E-state index in [1.54, 1.807) is 0 Å². The monoisotopic (exact) mass is 199 g/mol. The number of primary amides is 1. The SMILES string of the molecule is CC(C)(NCC(=O)NC(N)=O)C1CC1. The number of imide groups is 1. The molecule has 5 heteroatoms. The summed E-state index contributed by atoms with van der Waals surface area (Å²) < 4.78 is 0. The molecule has 1 aliphatic carbocycles. The molecule has 1 aliphatic rings. The normalized spacial score (nSPS) is 16.4. The molecule has 0 aliphatic heterocycles. The van der Waals surface area contributed by atoms with Crippen molar-refractivity contribution in [1.82, 2.24) is 10.6 Å². The molecule has 0 atom stereocenters. The van der Waals surface area contributed by atoms with E-state index >= 15 is 0 Å². The van der Waals surface area contributed by atoms with Gasteiger partial charge in [-0.2, -0.15) is 0 Å². The zero-order valence-corrected chi connectivity index (χ0v) is 8.59. The third-order valence-corrected chi connectivity index (χ3v) is 2.57. The number of rotatable bonds is 4. The Kier molecular flexibility index (Phi) is 3.10. The predicted molar refractivity (Wildman–Crippen MR) is 52.5 cm³/mol. The van der Waals surface area contributed by atoms with E-state index in [1.165, 1.54) is 12.8 Å². The topological polar surface area (TPSA) is 84.2 Å². The summed E-state index contributed by atoms with van der Waals surface area (Å²) in [5, 5.41) is 5.12. The largest absolute Gasteiger partial charge is 0.351 e. The average molecular weight is 199 g/mol. The van der Waals surface area contributed by atoms with Gasteiger partial charge in [0.2, 0.25) is 5.91 Å². The van der Waals surface area contributed by atoms with Crippen LogP contribution in [0.4, 0.5) is 4.79 Å². The minimum atomic E-state index is -0.805. The van der Waals surface area contributed by atoms with Crippen molar-refractivity contribution in [2.24, 2.45) is 11.7 Å². The first-order valence-corrected chi connectivity index (χ1v) is 4.76. The summed E-state index contributed by atoms with van der Waals surface area (Å²) in [4.78, 5) is 21.4. The van der Waals surface area contributed by atoms with Gasteiger partial charge in [0, 0.05) is 5.54 Å². The van der Waals surface area contributed by atoms with Gasteiger partial charge in [-0.1, -0.05) is 0 Å². The molecule has 0 radical (unpaired) electrons. The zero-order chi connectivity index (χ0) is 10.8. The first-order chi connectivity index (χ1) is 6.42. The second-order valence-electron chi connectivity index (χ2n) is 4.26. The quantitative estimate of drug-likeness (QED) is 0.594. The maximum atomic E-state index is 11.1. The van der Waals surface area contributed by atoms with Gasteiger partial charge in [0.25, 0.3) is 0 Å². The fourth-order valence-corrected chi connectivity index (χ4v) is 1.44. The van der Waals surface area contributed by atoms with Crippen molar-refractivity contribution in [2.45, 2.75) is 32.2 Å².